The summed E-state index contributed by atoms with van der Waals surface area (Å²) in [5, 5.41) is 9.52. The van der Waals surface area contributed by atoms with Gasteiger partial charge in [-0.2, -0.15) is 0 Å². The first-order valence-corrected chi connectivity index (χ1v) is 8.77. The van der Waals surface area contributed by atoms with Crippen molar-refractivity contribution >= 4 is 21.6 Å². The average molecular weight is 336 g/mol. The molecule has 5 nitrogen and oxygen atoms in total. The molecule has 21 heavy (non-hydrogen) atoms. The van der Waals surface area contributed by atoms with Crippen molar-refractivity contribution in [2.24, 2.45) is 0 Å². The third-order valence-corrected chi connectivity index (χ3v) is 4.96. The lowest BCUT2D eigenvalue weighted by atomic mass is 10.2. The zero-order valence-electron chi connectivity index (χ0n) is 12.5. The molecule has 1 aromatic carbocycles. The molecule has 0 saturated heterocycles. The van der Waals surface area contributed by atoms with Crippen molar-refractivity contribution in [3.63, 3.8) is 0 Å². The van der Waals surface area contributed by atoms with Gasteiger partial charge in [-0.15, -0.1) is 0 Å². The lowest BCUT2D eigenvalue weighted by Gasteiger charge is -2.17. The van der Waals surface area contributed by atoms with Crippen LogP contribution in [-0.2, 0) is 10.0 Å². The Morgan fingerprint density at radius 2 is 2.05 bits per heavy atom. The van der Waals surface area contributed by atoms with Gasteiger partial charge in [0.05, 0.1) is 13.2 Å². The number of benzene rings is 1. The maximum atomic E-state index is 12.4. The van der Waals surface area contributed by atoms with E-state index >= 15 is 0 Å². The van der Waals surface area contributed by atoms with Crippen LogP contribution >= 0.6 is 11.6 Å². The van der Waals surface area contributed by atoms with Crippen LogP contribution in [0.5, 0.6) is 5.75 Å². The van der Waals surface area contributed by atoms with Gasteiger partial charge in [0.2, 0.25) is 10.0 Å². The molecular weight excluding hydrogens is 314 g/mol. The molecule has 0 radical (unpaired) electrons. The van der Waals surface area contributed by atoms with E-state index in [0.717, 1.165) is 12.0 Å². The largest absolute Gasteiger partial charge is 0.492 e. The first-order chi connectivity index (χ1) is 9.85. The smallest absolute Gasteiger partial charge is 0.244 e. The van der Waals surface area contributed by atoms with Crippen molar-refractivity contribution in [3.8, 4) is 5.75 Å². The van der Waals surface area contributed by atoms with Gasteiger partial charge in [0.1, 0.15) is 10.6 Å². The summed E-state index contributed by atoms with van der Waals surface area (Å²) in [5.74, 6) is 0.277. The molecule has 0 fully saturated rings. The standard InChI is InChI=1S/C14H22ClNO4S/c1-4-6-20-13-7-10(3)12(15)8-14(13)21(18,19)16-11(5-2)9-17/h7-8,11,16-17H,4-6,9H2,1-3H3/t11-/m1/s1. The van der Waals surface area contributed by atoms with E-state index < -0.39 is 16.1 Å². The van der Waals surface area contributed by atoms with Crippen LogP contribution in [0.3, 0.4) is 0 Å². The average Bonchev–Trinajstić information content (AvgIpc) is 2.45. The Kier molecular flexibility index (Phi) is 6.93. The lowest BCUT2D eigenvalue weighted by Crippen LogP contribution is -2.37. The molecule has 120 valence electrons. The Balaban J connectivity index is 3.22. The number of hydrogen-bond donors (Lipinski definition) is 2. The molecule has 0 spiro atoms. The highest BCUT2D eigenvalue weighted by atomic mass is 35.5. The van der Waals surface area contributed by atoms with Crippen molar-refractivity contribution in [1.82, 2.24) is 4.72 Å². The van der Waals surface area contributed by atoms with Crippen molar-refractivity contribution in [3.05, 3.63) is 22.7 Å². The Hall–Kier alpha value is -0.820. The molecule has 1 atom stereocenters. The molecule has 1 rings (SSSR count). The van der Waals surface area contributed by atoms with Crippen LogP contribution in [-0.4, -0.2) is 32.8 Å². The van der Waals surface area contributed by atoms with E-state index in [0.29, 0.717) is 18.1 Å². The summed E-state index contributed by atoms with van der Waals surface area (Å²) in [6.45, 7) is 5.67. The number of ether oxygens (including phenoxy) is 1. The summed E-state index contributed by atoms with van der Waals surface area (Å²) in [6.07, 6.45) is 1.25. The van der Waals surface area contributed by atoms with E-state index in [1.54, 1.807) is 19.9 Å². The van der Waals surface area contributed by atoms with Crippen LogP contribution in [0.2, 0.25) is 5.02 Å². The van der Waals surface area contributed by atoms with Gasteiger partial charge in [-0.1, -0.05) is 25.4 Å². The summed E-state index contributed by atoms with van der Waals surface area (Å²) in [6, 6.07) is 2.47. The Morgan fingerprint density at radius 1 is 1.38 bits per heavy atom. The highest BCUT2D eigenvalue weighted by Crippen LogP contribution is 2.30. The fourth-order valence-corrected chi connectivity index (χ4v) is 3.40. The van der Waals surface area contributed by atoms with Crippen molar-refractivity contribution in [1.29, 1.82) is 0 Å². The molecular formula is C14H22ClNO4S. The monoisotopic (exact) mass is 335 g/mol. The number of nitrogens with one attached hydrogen (secondary N) is 1. The maximum absolute atomic E-state index is 12.4. The van der Waals surface area contributed by atoms with Gasteiger partial charge < -0.3 is 9.84 Å². The predicted molar refractivity (Wildman–Crippen MR) is 83.5 cm³/mol. The van der Waals surface area contributed by atoms with Crippen molar-refractivity contribution in [2.75, 3.05) is 13.2 Å². The van der Waals surface area contributed by atoms with Gasteiger partial charge in [-0.3, -0.25) is 0 Å². The minimum Gasteiger partial charge on any atom is -0.492 e. The maximum Gasteiger partial charge on any atom is 0.244 e. The zero-order valence-corrected chi connectivity index (χ0v) is 14.1. The van der Waals surface area contributed by atoms with Gasteiger partial charge in [-0.25, -0.2) is 13.1 Å². The first-order valence-electron chi connectivity index (χ1n) is 6.91. The second-order valence-corrected chi connectivity index (χ2v) is 6.90. The van der Waals surface area contributed by atoms with Gasteiger partial charge >= 0.3 is 0 Å². The Morgan fingerprint density at radius 3 is 2.57 bits per heavy atom. The van der Waals surface area contributed by atoms with Gasteiger partial charge in [-0.05, 0) is 37.5 Å². The summed E-state index contributed by atoms with van der Waals surface area (Å²) >= 11 is 6.03. The minimum atomic E-state index is -3.80. The molecule has 1 aromatic rings. The zero-order chi connectivity index (χ0) is 16.0. The van der Waals surface area contributed by atoms with Crippen molar-refractivity contribution in [2.45, 2.75) is 44.6 Å². The summed E-state index contributed by atoms with van der Waals surface area (Å²) in [4.78, 5) is -0.00144. The van der Waals surface area contributed by atoms with E-state index in [1.807, 2.05) is 6.92 Å². The molecule has 0 unspecified atom stereocenters. The summed E-state index contributed by atoms with van der Waals surface area (Å²) in [7, 11) is -3.80. The Bertz CT molecular complexity index is 571. The number of aliphatic hydroxyl groups excluding tert-OH is 1. The Labute approximate surface area is 131 Å². The number of aryl methyl sites for hydroxylation is 1. The van der Waals surface area contributed by atoms with E-state index in [9.17, 15) is 8.42 Å². The fraction of sp³-hybridized carbons (Fsp3) is 0.571. The molecule has 0 saturated carbocycles. The summed E-state index contributed by atoms with van der Waals surface area (Å²) in [5.41, 5.74) is 0.746. The van der Waals surface area contributed by atoms with Crippen LogP contribution in [0.15, 0.2) is 17.0 Å². The molecule has 0 heterocycles. The van der Waals surface area contributed by atoms with E-state index in [2.05, 4.69) is 4.72 Å². The highest BCUT2D eigenvalue weighted by Gasteiger charge is 2.24. The van der Waals surface area contributed by atoms with Gasteiger partial charge in [0, 0.05) is 11.1 Å². The number of halogens is 1. The van der Waals surface area contributed by atoms with Crippen LogP contribution in [0, 0.1) is 6.92 Å². The first kappa shape index (κ1) is 18.2. The van der Waals surface area contributed by atoms with E-state index in [-0.39, 0.29) is 17.3 Å². The van der Waals surface area contributed by atoms with Crippen LogP contribution in [0.1, 0.15) is 32.3 Å². The third-order valence-electron chi connectivity index (χ3n) is 3.01. The predicted octanol–water partition coefficient (Wildman–Crippen LogP) is 2.49. The number of aliphatic hydroxyl groups is 1. The van der Waals surface area contributed by atoms with Gasteiger partial charge in [0.15, 0.2) is 0 Å². The summed E-state index contributed by atoms with van der Waals surface area (Å²) < 4.78 is 32.9. The fourth-order valence-electron chi connectivity index (χ4n) is 1.70. The topological polar surface area (TPSA) is 75.6 Å². The van der Waals surface area contributed by atoms with Crippen LogP contribution in [0.4, 0.5) is 0 Å². The van der Waals surface area contributed by atoms with Crippen LogP contribution < -0.4 is 9.46 Å². The second-order valence-electron chi connectivity index (χ2n) is 4.81. The molecule has 0 bridgehead atoms. The second kappa shape index (κ2) is 7.98. The quantitative estimate of drug-likeness (QED) is 0.765. The number of sulfonamides is 1. The number of rotatable bonds is 8. The lowest BCUT2D eigenvalue weighted by molar-refractivity contribution is 0.253. The van der Waals surface area contributed by atoms with Crippen LogP contribution in [0.25, 0.3) is 0 Å². The minimum absolute atomic E-state index is 0.00144. The molecule has 0 amide bonds. The molecule has 0 aliphatic carbocycles. The van der Waals surface area contributed by atoms with Gasteiger partial charge in [0.25, 0.3) is 0 Å². The molecule has 7 heteroatoms. The normalized spacial score (nSPS) is 13.2. The molecule has 0 aromatic heterocycles. The molecule has 0 aliphatic rings. The van der Waals surface area contributed by atoms with E-state index in [1.165, 1.54) is 6.07 Å². The number of hydrogen-bond acceptors (Lipinski definition) is 4. The van der Waals surface area contributed by atoms with Crippen molar-refractivity contribution < 1.29 is 18.3 Å². The van der Waals surface area contributed by atoms with E-state index in [4.69, 9.17) is 21.4 Å². The SMILES string of the molecule is CCCOc1cc(C)c(Cl)cc1S(=O)(=O)N[C@H](CC)CO. The highest BCUT2D eigenvalue weighted by molar-refractivity contribution is 7.89. The molecule has 0 aliphatic heterocycles. The third kappa shape index (κ3) is 4.85. The molecule has 2 N–H and O–H groups in total.